The second-order valence-electron chi connectivity index (χ2n) is 11.5. The maximum atomic E-state index is 13.3. The van der Waals surface area contributed by atoms with Crippen LogP contribution in [0.15, 0.2) is 53.4 Å². The van der Waals surface area contributed by atoms with Gasteiger partial charge in [0.05, 0.1) is 16.6 Å². The molecule has 0 saturated carbocycles. The van der Waals surface area contributed by atoms with Gasteiger partial charge in [-0.25, -0.2) is 28.1 Å². The molecule has 0 saturated heterocycles. The minimum Gasteiger partial charge on any atom is -0.476 e. The third kappa shape index (κ3) is 9.58. The van der Waals surface area contributed by atoms with Crippen LogP contribution in [0.5, 0.6) is 5.88 Å². The number of unbranched alkanes of at least 4 members (excludes halogenated alkanes) is 1. The first-order chi connectivity index (χ1) is 20.5. The van der Waals surface area contributed by atoms with Gasteiger partial charge in [0.15, 0.2) is 0 Å². The minimum atomic E-state index is -4.07. The monoisotopic (exact) mass is 609 g/mol. The van der Waals surface area contributed by atoms with Gasteiger partial charge in [0.2, 0.25) is 11.8 Å². The predicted molar refractivity (Wildman–Crippen MR) is 173 cm³/mol. The molecule has 0 amide bonds. The number of hydrogen-bond acceptors (Lipinski definition) is 8. The van der Waals surface area contributed by atoms with Crippen molar-refractivity contribution in [1.82, 2.24) is 20.0 Å². The zero-order valence-electron chi connectivity index (χ0n) is 26.6. The van der Waals surface area contributed by atoms with E-state index in [4.69, 9.17) is 4.74 Å². The largest absolute Gasteiger partial charge is 0.476 e. The van der Waals surface area contributed by atoms with Crippen molar-refractivity contribution in [3.05, 3.63) is 65.2 Å². The molecule has 1 aromatic heterocycles. The predicted octanol–water partition coefficient (Wildman–Crippen LogP) is 6.53. The Bertz CT molecular complexity index is 1440. The van der Waals surface area contributed by atoms with Crippen molar-refractivity contribution in [2.45, 2.75) is 78.2 Å². The van der Waals surface area contributed by atoms with E-state index >= 15 is 0 Å². The summed E-state index contributed by atoms with van der Waals surface area (Å²) in [5.74, 6) is 0.631. The van der Waals surface area contributed by atoms with Crippen molar-refractivity contribution < 1.29 is 17.9 Å². The van der Waals surface area contributed by atoms with E-state index in [0.717, 1.165) is 55.5 Å². The van der Waals surface area contributed by atoms with Crippen molar-refractivity contribution in [3.8, 4) is 17.1 Å². The van der Waals surface area contributed by atoms with Crippen LogP contribution < -0.4 is 9.46 Å². The van der Waals surface area contributed by atoms with E-state index in [-0.39, 0.29) is 28.3 Å². The molecule has 0 bridgehead atoms. The van der Waals surface area contributed by atoms with Crippen molar-refractivity contribution in [1.29, 1.82) is 0 Å². The topological polar surface area (TPSA) is 105 Å². The van der Waals surface area contributed by atoms with Gasteiger partial charge >= 0.3 is 0 Å². The van der Waals surface area contributed by atoms with Crippen LogP contribution in [0.2, 0.25) is 0 Å². The second-order valence-corrected chi connectivity index (χ2v) is 13.1. The third-order valence-electron chi connectivity index (χ3n) is 7.36. The Hall–Kier alpha value is -3.34. The average molecular weight is 610 g/mol. The van der Waals surface area contributed by atoms with Crippen LogP contribution in [0.1, 0.15) is 74.9 Å². The molecular formula is C33H47N5O4S. The molecule has 0 aliphatic heterocycles. The average Bonchev–Trinajstić information content (AvgIpc) is 2.96. The highest BCUT2D eigenvalue weighted by Crippen LogP contribution is 2.30. The van der Waals surface area contributed by atoms with E-state index in [1.54, 1.807) is 12.1 Å². The molecule has 1 atom stereocenters. The summed E-state index contributed by atoms with van der Waals surface area (Å²) in [5, 5.41) is 4.70. The second kappa shape index (κ2) is 15.9. The normalized spacial score (nSPS) is 12.6. The first-order valence-electron chi connectivity index (χ1n) is 15.1. The Balaban J connectivity index is 2.00. The molecule has 2 aromatic carbocycles. The molecule has 1 heterocycles. The first kappa shape index (κ1) is 34.2. The fourth-order valence-corrected chi connectivity index (χ4v) is 6.13. The van der Waals surface area contributed by atoms with E-state index < -0.39 is 10.0 Å². The summed E-state index contributed by atoms with van der Waals surface area (Å²) in [5.41, 5.74) is 3.71. The number of nitrogens with zero attached hydrogens (tertiary/aromatic N) is 4. The van der Waals surface area contributed by atoms with E-state index in [1.165, 1.54) is 18.2 Å². The Morgan fingerprint density at radius 1 is 0.977 bits per heavy atom. The summed E-state index contributed by atoms with van der Waals surface area (Å²) in [6.45, 7) is 15.1. The number of sulfonamides is 1. The molecule has 234 valence electrons. The lowest BCUT2D eigenvalue weighted by Crippen LogP contribution is -2.49. The fraction of sp³-hybridized carbons (Fsp3) is 0.485. The highest BCUT2D eigenvalue weighted by molar-refractivity contribution is 7.92. The number of aryl methyl sites for hydroxylation is 2. The van der Waals surface area contributed by atoms with Gasteiger partial charge in [-0.15, -0.1) is 0 Å². The van der Waals surface area contributed by atoms with Gasteiger partial charge in [-0.3, -0.25) is 4.79 Å². The number of nitrogens with one attached hydrogen (secondary N) is 1. The van der Waals surface area contributed by atoms with E-state index in [9.17, 15) is 13.2 Å². The van der Waals surface area contributed by atoms with Crippen LogP contribution in [0.3, 0.4) is 0 Å². The lowest BCUT2D eigenvalue weighted by atomic mass is 10.00. The molecule has 10 heteroatoms. The molecule has 1 N–H and O–H groups in total. The van der Waals surface area contributed by atoms with Crippen LogP contribution in [-0.2, 0) is 10.0 Å². The summed E-state index contributed by atoms with van der Waals surface area (Å²) in [6.07, 6.45) is 4.82. The molecular weight excluding hydrogens is 562 g/mol. The molecule has 9 nitrogen and oxygen atoms in total. The highest BCUT2D eigenvalue weighted by atomic mass is 32.2. The number of carbonyl (C=O) groups is 1. The Morgan fingerprint density at radius 3 is 2.30 bits per heavy atom. The molecule has 0 fully saturated rings. The van der Waals surface area contributed by atoms with Gasteiger partial charge < -0.3 is 4.74 Å². The summed E-state index contributed by atoms with van der Waals surface area (Å²) in [7, 11) is -1.95. The number of likely N-dealkylation sites (N-methyl/N-ethyl adjacent to an activating group) is 1. The van der Waals surface area contributed by atoms with Crippen molar-refractivity contribution in [2.75, 3.05) is 31.5 Å². The van der Waals surface area contributed by atoms with Gasteiger partial charge in [-0.2, -0.15) is 4.98 Å². The lowest BCUT2D eigenvalue weighted by molar-refractivity contribution is -0.0573. The maximum absolute atomic E-state index is 13.3. The number of hydrazine groups is 1. The molecule has 0 aliphatic carbocycles. The molecule has 3 aromatic rings. The van der Waals surface area contributed by atoms with Crippen LogP contribution in [0, 0.1) is 19.8 Å². The van der Waals surface area contributed by atoms with Crippen molar-refractivity contribution >= 4 is 22.3 Å². The van der Waals surface area contributed by atoms with Crippen molar-refractivity contribution in [3.63, 3.8) is 0 Å². The Morgan fingerprint density at radius 2 is 1.67 bits per heavy atom. The SMILES string of the molecule is CCCCN(CCC)N(C)[C@@H](COc1cc(-c2c(C)cccc2C)nc(NS(=O)(=O)c2cccc(C=O)c2)n1)CC(C)C. The summed E-state index contributed by atoms with van der Waals surface area (Å²) >= 11 is 0. The van der Waals surface area contributed by atoms with Gasteiger partial charge in [0, 0.05) is 37.3 Å². The van der Waals surface area contributed by atoms with Gasteiger partial charge in [0.1, 0.15) is 12.9 Å². The fourth-order valence-electron chi connectivity index (χ4n) is 5.14. The van der Waals surface area contributed by atoms with Crippen LogP contribution in [0.4, 0.5) is 5.95 Å². The number of hydrogen-bond donors (Lipinski definition) is 1. The third-order valence-corrected chi connectivity index (χ3v) is 8.69. The first-order valence-corrected chi connectivity index (χ1v) is 16.6. The van der Waals surface area contributed by atoms with E-state index in [1.807, 2.05) is 32.0 Å². The number of ether oxygens (including phenoxy) is 1. The van der Waals surface area contributed by atoms with Gasteiger partial charge in [-0.05, 0) is 62.3 Å². The molecule has 0 aliphatic rings. The van der Waals surface area contributed by atoms with Crippen LogP contribution in [0.25, 0.3) is 11.3 Å². The van der Waals surface area contributed by atoms with Crippen LogP contribution >= 0.6 is 0 Å². The van der Waals surface area contributed by atoms with E-state index in [0.29, 0.717) is 24.5 Å². The quantitative estimate of drug-likeness (QED) is 0.136. The Kier molecular flexibility index (Phi) is 12.7. The van der Waals surface area contributed by atoms with E-state index in [2.05, 4.69) is 59.5 Å². The molecule has 0 unspecified atom stereocenters. The maximum Gasteiger partial charge on any atom is 0.264 e. The zero-order chi connectivity index (χ0) is 31.6. The number of aldehydes is 1. The summed E-state index contributed by atoms with van der Waals surface area (Å²) in [4.78, 5) is 20.3. The number of carbonyl (C=O) groups excluding carboxylic acids is 1. The van der Waals surface area contributed by atoms with Crippen molar-refractivity contribution in [2.24, 2.45) is 5.92 Å². The molecule has 0 spiro atoms. The highest BCUT2D eigenvalue weighted by Gasteiger charge is 2.24. The minimum absolute atomic E-state index is 0.0534. The number of benzene rings is 2. The molecule has 0 radical (unpaired) electrons. The van der Waals surface area contributed by atoms with Crippen LogP contribution in [-0.4, -0.2) is 67.5 Å². The standard InChI is InChI=1S/C33H47N5O4S/c1-8-10-18-38(17-9-2)37(7)28(19-24(3)4)23-42-31-21-30(32-25(5)13-11-14-26(32)6)34-33(35-31)36-43(40,41)29-16-12-15-27(20-29)22-39/h11-16,20-22,24,28H,8-10,17-19,23H2,1-7H3,(H,34,35,36)/t28-/m1/s1. The smallest absolute Gasteiger partial charge is 0.264 e. The number of aromatic nitrogens is 2. The molecule has 3 rings (SSSR count). The number of rotatable bonds is 17. The molecule has 43 heavy (non-hydrogen) atoms. The summed E-state index contributed by atoms with van der Waals surface area (Å²) in [6, 6.07) is 13.6. The lowest BCUT2D eigenvalue weighted by Gasteiger charge is -2.38. The van der Waals surface area contributed by atoms with Gasteiger partial charge in [-0.1, -0.05) is 64.4 Å². The summed E-state index contributed by atoms with van der Waals surface area (Å²) < 4.78 is 35.5. The van der Waals surface area contributed by atoms with Gasteiger partial charge in [0.25, 0.3) is 10.0 Å². The number of anilines is 1. The Labute approximate surface area is 257 Å². The zero-order valence-corrected chi connectivity index (χ0v) is 27.4.